The van der Waals surface area contributed by atoms with Crippen LogP contribution in [-0.4, -0.2) is 5.33 Å². The molecular weight excluding hydrogens is 314 g/mol. The fourth-order valence-electron chi connectivity index (χ4n) is 1.74. The number of benzene rings is 2. The van der Waals surface area contributed by atoms with Crippen LogP contribution in [-0.2, 0) is 11.3 Å². The normalized spacial score (nSPS) is 12.4. The molecule has 0 spiro atoms. The Morgan fingerprint density at radius 1 is 1.05 bits per heavy atom. The van der Waals surface area contributed by atoms with Crippen LogP contribution in [0.1, 0.15) is 17.2 Å². The second-order valence-electron chi connectivity index (χ2n) is 4.10. The second kappa shape index (κ2) is 6.78. The van der Waals surface area contributed by atoms with E-state index in [0.717, 1.165) is 5.56 Å². The monoisotopic (exact) mass is 326 g/mol. The average Bonchev–Trinajstić information content (AvgIpc) is 2.41. The lowest BCUT2D eigenvalue weighted by Crippen LogP contribution is -2.07. The van der Waals surface area contributed by atoms with E-state index in [-0.39, 0.29) is 24.3 Å². The molecule has 1 nitrogen and oxygen atoms in total. The fourth-order valence-corrected chi connectivity index (χ4v) is 2.30. The van der Waals surface area contributed by atoms with E-state index in [2.05, 4.69) is 15.9 Å². The Bertz CT molecular complexity index is 545. The first-order chi connectivity index (χ1) is 9.20. The summed E-state index contributed by atoms with van der Waals surface area (Å²) in [5.74, 6) is -0.604. The van der Waals surface area contributed by atoms with Crippen LogP contribution in [0.15, 0.2) is 48.5 Å². The molecule has 0 N–H and O–H groups in total. The quantitative estimate of drug-likeness (QED) is 0.728. The minimum absolute atomic E-state index is 0.152. The van der Waals surface area contributed by atoms with Crippen LogP contribution in [0, 0.1) is 11.6 Å². The van der Waals surface area contributed by atoms with Gasteiger partial charge in [-0.25, -0.2) is 8.78 Å². The predicted molar refractivity (Wildman–Crippen MR) is 74.1 cm³/mol. The van der Waals surface area contributed by atoms with Gasteiger partial charge in [-0.05, 0) is 23.8 Å². The molecule has 2 aromatic carbocycles. The Labute approximate surface area is 119 Å². The molecule has 0 heterocycles. The van der Waals surface area contributed by atoms with Crippen molar-refractivity contribution in [3.8, 4) is 0 Å². The summed E-state index contributed by atoms with van der Waals surface area (Å²) in [4.78, 5) is 0. The van der Waals surface area contributed by atoms with E-state index in [4.69, 9.17) is 4.74 Å². The number of alkyl halides is 1. The van der Waals surface area contributed by atoms with Crippen molar-refractivity contribution in [1.29, 1.82) is 0 Å². The van der Waals surface area contributed by atoms with Crippen molar-refractivity contribution in [3.05, 3.63) is 71.3 Å². The molecular formula is C15H13BrF2O. The van der Waals surface area contributed by atoms with Gasteiger partial charge in [0.1, 0.15) is 11.6 Å². The van der Waals surface area contributed by atoms with Crippen LogP contribution in [0.5, 0.6) is 0 Å². The Morgan fingerprint density at radius 2 is 1.84 bits per heavy atom. The van der Waals surface area contributed by atoms with Crippen molar-refractivity contribution in [3.63, 3.8) is 0 Å². The van der Waals surface area contributed by atoms with Crippen molar-refractivity contribution in [2.45, 2.75) is 12.7 Å². The Hall–Kier alpha value is -1.26. The number of ether oxygens (including phenoxy) is 1. The van der Waals surface area contributed by atoms with E-state index in [1.807, 2.05) is 0 Å². The zero-order valence-corrected chi connectivity index (χ0v) is 11.7. The highest BCUT2D eigenvalue weighted by Crippen LogP contribution is 2.22. The molecule has 1 unspecified atom stereocenters. The van der Waals surface area contributed by atoms with Crippen LogP contribution in [0.4, 0.5) is 8.78 Å². The van der Waals surface area contributed by atoms with Gasteiger partial charge in [-0.3, -0.25) is 0 Å². The maximum Gasteiger partial charge on any atom is 0.128 e. The van der Waals surface area contributed by atoms with Crippen LogP contribution in [0.2, 0.25) is 0 Å². The highest BCUT2D eigenvalue weighted by atomic mass is 79.9. The fraction of sp³-hybridized carbons (Fsp3) is 0.200. The molecule has 19 heavy (non-hydrogen) atoms. The summed E-state index contributed by atoms with van der Waals surface area (Å²) in [6.07, 6.45) is -0.310. The van der Waals surface area contributed by atoms with Crippen molar-refractivity contribution in [2.75, 3.05) is 5.33 Å². The zero-order chi connectivity index (χ0) is 13.7. The van der Waals surface area contributed by atoms with Crippen LogP contribution < -0.4 is 0 Å². The lowest BCUT2D eigenvalue weighted by atomic mass is 10.1. The Morgan fingerprint density at radius 3 is 2.53 bits per heavy atom. The van der Waals surface area contributed by atoms with E-state index >= 15 is 0 Å². The minimum Gasteiger partial charge on any atom is -0.368 e. The summed E-state index contributed by atoms with van der Waals surface area (Å²) < 4.78 is 32.3. The molecule has 0 aliphatic carbocycles. The number of hydrogen-bond donors (Lipinski definition) is 0. The Kier molecular flexibility index (Phi) is 5.05. The third-order valence-corrected chi connectivity index (χ3v) is 3.35. The van der Waals surface area contributed by atoms with Gasteiger partial charge in [0.25, 0.3) is 0 Å². The zero-order valence-electron chi connectivity index (χ0n) is 10.2. The van der Waals surface area contributed by atoms with E-state index in [1.54, 1.807) is 30.3 Å². The number of rotatable bonds is 5. The molecule has 0 aromatic heterocycles. The maximum absolute atomic E-state index is 13.5. The third-order valence-electron chi connectivity index (χ3n) is 2.76. The number of hydrogen-bond acceptors (Lipinski definition) is 1. The summed E-state index contributed by atoms with van der Waals surface area (Å²) in [5.41, 5.74) is 1.22. The highest BCUT2D eigenvalue weighted by molar-refractivity contribution is 9.09. The Balaban J connectivity index is 2.06. The van der Waals surface area contributed by atoms with Gasteiger partial charge in [0.2, 0.25) is 0 Å². The van der Waals surface area contributed by atoms with Crippen molar-refractivity contribution in [1.82, 2.24) is 0 Å². The predicted octanol–water partition coefficient (Wildman–Crippen LogP) is 4.62. The second-order valence-corrected chi connectivity index (χ2v) is 4.75. The molecule has 2 aromatic rings. The first-order valence-corrected chi connectivity index (χ1v) is 6.99. The first-order valence-electron chi connectivity index (χ1n) is 5.87. The summed E-state index contributed by atoms with van der Waals surface area (Å²) >= 11 is 3.33. The first kappa shape index (κ1) is 14.2. The highest BCUT2D eigenvalue weighted by Gasteiger charge is 2.12. The minimum atomic E-state index is -0.310. The molecule has 0 amide bonds. The lowest BCUT2D eigenvalue weighted by molar-refractivity contribution is 0.0547. The molecule has 0 saturated heterocycles. The molecule has 100 valence electrons. The summed E-state index contributed by atoms with van der Waals surface area (Å²) in [5, 5.41) is 0.519. The molecule has 0 bridgehead atoms. The summed E-state index contributed by atoms with van der Waals surface area (Å²) in [6, 6.07) is 12.7. The van der Waals surface area contributed by atoms with Gasteiger partial charge < -0.3 is 4.74 Å². The van der Waals surface area contributed by atoms with Crippen LogP contribution >= 0.6 is 15.9 Å². The van der Waals surface area contributed by atoms with Gasteiger partial charge in [-0.2, -0.15) is 0 Å². The van der Waals surface area contributed by atoms with Gasteiger partial charge in [-0.15, -0.1) is 0 Å². The maximum atomic E-state index is 13.5. The van der Waals surface area contributed by atoms with Gasteiger partial charge in [0.15, 0.2) is 0 Å². The molecule has 0 aliphatic rings. The lowest BCUT2D eigenvalue weighted by Gasteiger charge is -2.16. The molecule has 2 rings (SSSR count). The summed E-state index contributed by atoms with van der Waals surface area (Å²) in [6.45, 7) is 0.152. The van der Waals surface area contributed by atoms with Crippen LogP contribution in [0.25, 0.3) is 0 Å². The SMILES string of the molecule is Fc1cccc(C(CBr)OCc2ccccc2F)c1. The molecule has 0 radical (unpaired) electrons. The van der Waals surface area contributed by atoms with E-state index in [9.17, 15) is 8.78 Å². The average molecular weight is 327 g/mol. The van der Waals surface area contributed by atoms with E-state index in [1.165, 1.54) is 18.2 Å². The van der Waals surface area contributed by atoms with E-state index < -0.39 is 0 Å². The largest absolute Gasteiger partial charge is 0.368 e. The smallest absolute Gasteiger partial charge is 0.128 e. The third kappa shape index (κ3) is 3.85. The van der Waals surface area contributed by atoms with Crippen molar-refractivity contribution in [2.24, 2.45) is 0 Å². The summed E-state index contributed by atoms with van der Waals surface area (Å²) in [7, 11) is 0. The van der Waals surface area contributed by atoms with Gasteiger partial charge in [0.05, 0.1) is 12.7 Å². The topological polar surface area (TPSA) is 9.23 Å². The molecule has 0 saturated carbocycles. The number of halogens is 3. The van der Waals surface area contributed by atoms with Gasteiger partial charge in [0, 0.05) is 10.9 Å². The molecule has 0 fully saturated rings. The molecule has 1 atom stereocenters. The van der Waals surface area contributed by atoms with E-state index in [0.29, 0.717) is 10.9 Å². The van der Waals surface area contributed by atoms with Crippen molar-refractivity contribution >= 4 is 15.9 Å². The standard InChI is InChI=1S/C15H13BrF2O/c16-9-15(11-5-3-6-13(17)8-11)19-10-12-4-1-2-7-14(12)18/h1-8,15H,9-10H2. The van der Waals surface area contributed by atoms with Gasteiger partial charge >= 0.3 is 0 Å². The van der Waals surface area contributed by atoms with Gasteiger partial charge in [-0.1, -0.05) is 46.3 Å². The van der Waals surface area contributed by atoms with Crippen LogP contribution in [0.3, 0.4) is 0 Å². The van der Waals surface area contributed by atoms with Crippen molar-refractivity contribution < 1.29 is 13.5 Å². The molecule has 4 heteroatoms. The molecule has 0 aliphatic heterocycles.